The van der Waals surface area contributed by atoms with Crippen molar-refractivity contribution in [2.45, 2.75) is 37.3 Å². The minimum atomic E-state index is 0.0747. The van der Waals surface area contributed by atoms with Gasteiger partial charge in [-0.1, -0.05) is 12.1 Å². The molecule has 1 N–H and O–H groups in total. The van der Waals surface area contributed by atoms with E-state index in [4.69, 9.17) is 4.74 Å². The van der Waals surface area contributed by atoms with Crippen molar-refractivity contribution >= 4 is 16.8 Å². The Balaban J connectivity index is 1.42. The minimum Gasteiger partial charge on any atom is -0.381 e. The second-order valence-electron chi connectivity index (χ2n) is 7.70. The third-order valence-electron chi connectivity index (χ3n) is 6.26. The summed E-state index contributed by atoms with van der Waals surface area (Å²) in [5, 5.41) is 8.40. The van der Waals surface area contributed by atoms with E-state index < -0.39 is 0 Å². The Morgan fingerprint density at radius 2 is 2.08 bits per heavy atom. The highest BCUT2D eigenvalue weighted by atomic mass is 16.5. The molecule has 6 nitrogen and oxygen atoms in total. The second-order valence-corrected chi connectivity index (χ2v) is 7.70. The van der Waals surface area contributed by atoms with Crippen LogP contribution in [0, 0.1) is 0 Å². The Hall–Kier alpha value is -1.92. The monoisotopic (exact) mass is 340 g/mol. The third kappa shape index (κ3) is 2.47. The number of benzene rings is 1. The zero-order chi connectivity index (χ0) is 17.0. The van der Waals surface area contributed by atoms with Crippen LogP contribution in [0.25, 0.3) is 10.9 Å². The highest BCUT2D eigenvalue weighted by Crippen LogP contribution is 2.33. The van der Waals surface area contributed by atoms with Crippen LogP contribution in [-0.2, 0) is 4.74 Å². The zero-order valence-corrected chi connectivity index (χ0v) is 14.6. The van der Waals surface area contributed by atoms with Gasteiger partial charge in [-0.15, -0.1) is 0 Å². The summed E-state index contributed by atoms with van der Waals surface area (Å²) in [6.45, 7) is 3.48. The van der Waals surface area contributed by atoms with Crippen LogP contribution >= 0.6 is 0 Å². The van der Waals surface area contributed by atoms with Crippen molar-refractivity contribution in [2.75, 3.05) is 33.4 Å². The van der Waals surface area contributed by atoms with Crippen molar-refractivity contribution < 1.29 is 9.53 Å². The van der Waals surface area contributed by atoms with Gasteiger partial charge in [-0.25, -0.2) is 0 Å². The van der Waals surface area contributed by atoms with Crippen LogP contribution in [0.2, 0.25) is 0 Å². The molecule has 25 heavy (non-hydrogen) atoms. The lowest BCUT2D eigenvalue weighted by Gasteiger charge is -2.31. The van der Waals surface area contributed by atoms with E-state index in [1.54, 1.807) is 0 Å². The van der Waals surface area contributed by atoms with Gasteiger partial charge in [-0.05, 0) is 43.9 Å². The summed E-state index contributed by atoms with van der Waals surface area (Å²) in [5.74, 6) is 0.621. The number of aromatic amines is 1. The van der Waals surface area contributed by atoms with Crippen molar-refractivity contribution in [1.82, 2.24) is 20.0 Å². The average Bonchev–Trinajstić information content (AvgIpc) is 3.34. The number of aromatic nitrogens is 2. The summed E-state index contributed by atoms with van der Waals surface area (Å²) in [5.41, 5.74) is 2.86. The molecule has 1 aromatic carbocycles. The largest absolute Gasteiger partial charge is 0.381 e. The summed E-state index contributed by atoms with van der Waals surface area (Å²) >= 11 is 0. The number of H-pyrrole nitrogens is 1. The molecule has 3 saturated heterocycles. The topological polar surface area (TPSA) is 61.5 Å². The molecule has 0 spiro atoms. The lowest BCUT2D eigenvalue weighted by molar-refractivity contribution is 0.0646. The number of likely N-dealkylation sites (tertiary alicyclic amines) is 2. The number of ether oxygens (including phenoxy) is 1. The summed E-state index contributed by atoms with van der Waals surface area (Å²) in [6, 6.07) is 7.25. The van der Waals surface area contributed by atoms with Crippen molar-refractivity contribution in [2.24, 2.45) is 0 Å². The summed E-state index contributed by atoms with van der Waals surface area (Å²) < 4.78 is 5.46. The first-order valence-electron chi connectivity index (χ1n) is 9.27. The lowest BCUT2D eigenvalue weighted by atomic mass is 9.91. The predicted octanol–water partition coefficient (Wildman–Crippen LogP) is 1.99. The number of rotatable bonds is 2. The van der Waals surface area contributed by atoms with Gasteiger partial charge < -0.3 is 9.64 Å². The SMILES string of the molecule is CN1C[C@@H]2C[C@H]1CN2C(=O)c1n[nH]c2cc(C3CCOCC3)ccc12. The fourth-order valence-corrected chi connectivity index (χ4v) is 4.74. The van der Waals surface area contributed by atoms with E-state index >= 15 is 0 Å². The zero-order valence-electron chi connectivity index (χ0n) is 14.6. The van der Waals surface area contributed by atoms with E-state index in [0.717, 1.165) is 56.5 Å². The Kier molecular flexibility index (Phi) is 3.57. The number of piperazine rings is 1. The average molecular weight is 340 g/mol. The van der Waals surface area contributed by atoms with Crippen LogP contribution < -0.4 is 0 Å². The molecule has 6 heteroatoms. The maximum atomic E-state index is 13.0. The maximum Gasteiger partial charge on any atom is 0.275 e. The van der Waals surface area contributed by atoms with Gasteiger partial charge in [0.05, 0.1) is 5.52 Å². The molecule has 1 aromatic heterocycles. The van der Waals surface area contributed by atoms with Gasteiger partial charge in [0.15, 0.2) is 5.69 Å². The standard InChI is InChI=1S/C19H24N4O2/c1-22-10-15-9-14(22)11-23(15)19(24)18-16-3-2-13(8-17(16)20-21-18)12-4-6-25-7-5-12/h2-3,8,12,14-15H,4-7,9-11H2,1H3,(H,20,21)/t14-,15-/m0/s1. The molecule has 2 aromatic rings. The van der Waals surface area contributed by atoms with Gasteiger partial charge in [0.2, 0.25) is 0 Å². The Morgan fingerprint density at radius 3 is 2.80 bits per heavy atom. The Bertz CT molecular complexity index is 809. The number of carbonyl (C=O) groups excluding carboxylic acids is 1. The molecule has 2 bridgehead atoms. The van der Waals surface area contributed by atoms with Crippen LogP contribution in [0.4, 0.5) is 0 Å². The molecule has 5 rings (SSSR count). The van der Waals surface area contributed by atoms with Gasteiger partial charge in [0, 0.05) is 43.8 Å². The van der Waals surface area contributed by atoms with Crippen molar-refractivity contribution in [1.29, 1.82) is 0 Å². The summed E-state index contributed by atoms with van der Waals surface area (Å²) in [7, 11) is 2.15. The van der Waals surface area contributed by atoms with Crippen LogP contribution in [0.3, 0.4) is 0 Å². The van der Waals surface area contributed by atoms with Crippen LogP contribution in [0.15, 0.2) is 18.2 Å². The molecule has 0 aliphatic carbocycles. The molecule has 0 unspecified atom stereocenters. The van der Waals surface area contributed by atoms with E-state index in [0.29, 0.717) is 23.7 Å². The molecule has 0 saturated carbocycles. The maximum absolute atomic E-state index is 13.0. The van der Waals surface area contributed by atoms with E-state index in [-0.39, 0.29) is 5.91 Å². The predicted molar refractivity (Wildman–Crippen MR) is 94.7 cm³/mol. The highest BCUT2D eigenvalue weighted by Gasteiger charge is 2.44. The first kappa shape index (κ1) is 15.3. The van der Waals surface area contributed by atoms with Crippen molar-refractivity contribution in [3.63, 3.8) is 0 Å². The number of nitrogens with one attached hydrogen (secondary N) is 1. The number of nitrogens with zero attached hydrogens (tertiary/aromatic N) is 3. The molecule has 4 heterocycles. The van der Waals surface area contributed by atoms with Crippen LogP contribution in [0.5, 0.6) is 0 Å². The smallest absolute Gasteiger partial charge is 0.275 e. The first-order chi connectivity index (χ1) is 12.2. The molecule has 3 aliphatic rings. The Labute approximate surface area is 147 Å². The van der Waals surface area contributed by atoms with Gasteiger partial charge in [-0.3, -0.25) is 14.8 Å². The Morgan fingerprint density at radius 1 is 1.24 bits per heavy atom. The number of hydrogen-bond acceptors (Lipinski definition) is 4. The highest BCUT2D eigenvalue weighted by molar-refractivity contribution is 6.05. The summed E-state index contributed by atoms with van der Waals surface area (Å²) in [4.78, 5) is 17.4. The number of likely N-dealkylation sites (N-methyl/N-ethyl adjacent to an activating group) is 1. The van der Waals surface area contributed by atoms with Gasteiger partial charge >= 0.3 is 0 Å². The van der Waals surface area contributed by atoms with Gasteiger partial charge in [0.25, 0.3) is 5.91 Å². The van der Waals surface area contributed by atoms with E-state index in [1.165, 1.54) is 5.56 Å². The first-order valence-corrected chi connectivity index (χ1v) is 9.27. The van der Waals surface area contributed by atoms with Crippen LogP contribution in [-0.4, -0.2) is 71.3 Å². The summed E-state index contributed by atoms with van der Waals surface area (Å²) in [6.07, 6.45) is 3.23. The van der Waals surface area contributed by atoms with Crippen molar-refractivity contribution in [3.05, 3.63) is 29.5 Å². The molecular formula is C19H24N4O2. The van der Waals surface area contributed by atoms with Gasteiger partial charge in [-0.2, -0.15) is 5.10 Å². The quantitative estimate of drug-likeness (QED) is 0.908. The number of amides is 1. The van der Waals surface area contributed by atoms with E-state index in [9.17, 15) is 4.79 Å². The van der Waals surface area contributed by atoms with Crippen molar-refractivity contribution in [3.8, 4) is 0 Å². The molecule has 1 amide bonds. The molecule has 3 fully saturated rings. The van der Waals surface area contributed by atoms with E-state index in [1.807, 2.05) is 4.90 Å². The minimum absolute atomic E-state index is 0.0747. The lowest BCUT2D eigenvalue weighted by Crippen LogP contribution is -2.47. The molecule has 132 valence electrons. The van der Waals surface area contributed by atoms with Gasteiger partial charge in [0.1, 0.15) is 0 Å². The molecule has 0 radical (unpaired) electrons. The van der Waals surface area contributed by atoms with E-state index in [2.05, 4.69) is 40.3 Å². The molecular weight excluding hydrogens is 316 g/mol. The normalized spacial score (nSPS) is 27.5. The fraction of sp³-hybridized carbons (Fsp3) is 0.579. The van der Waals surface area contributed by atoms with Crippen LogP contribution in [0.1, 0.15) is 41.2 Å². The fourth-order valence-electron chi connectivity index (χ4n) is 4.74. The molecule has 2 atom stereocenters. The number of carbonyl (C=O) groups is 1. The third-order valence-corrected chi connectivity index (χ3v) is 6.26. The second kappa shape index (κ2) is 5.81. The number of fused-ring (bicyclic) bond motifs is 3. The molecule has 3 aliphatic heterocycles. The number of hydrogen-bond donors (Lipinski definition) is 1.